The van der Waals surface area contributed by atoms with Crippen LogP contribution >= 0.6 is 0 Å². The van der Waals surface area contributed by atoms with Gasteiger partial charge in [-0.2, -0.15) is 0 Å². The molecule has 246 valence electrons. The van der Waals surface area contributed by atoms with Gasteiger partial charge in [0.05, 0.1) is 19.9 Å². The van der Waals surface area contributed by atoms with Crippen LogP contribution in [0.2, 0.25) is 0 Å². The lowest BCUT2D eigenvalue weighted by atomic mass is 9.71. The topological polar surface area (TPSA) is 142 Å². The van der Waals surface area contributed by atoms with E-state index in [-0.39, 0.29) is 42.7 Å². The van der Waals surface area contributed by atoms with E-state index >= 15 is 0 Å². The minimum atomic E-state index is -2.08. The third kappa shape index (κ3) is 6.31. The number of nitrogens with one attached hydrogen (secondary N) is 3. The Morgan fingerprint density at radius 3 is 2.59 bits per heavy atom. The van der Waals surface area contributed by atoms with Gasteiger partial charge < -0.3 is 30.5 Å². The van der Waals surface area contributed by atoms with Gasteiger partial charge in [-0.15, -0.1) is 0 Å². The quantitative estimate of drug-likeness (QED) is 0.0750. The molecule has 0 spiro atoms. The molecule has 0 bridgehead atoms. The van der Waals surface area contributed by atoms with Crippen LogP contribution in [0.15, 0.2) is 65.9 Å². The standard InChI is InChI=1S/C36H46N4O6/c1-5-24-13-14-30(38-6-2)26(17-24)21-45-34(44)36-33(43)29-10-8-7-9-28(29)32(42)35(36,46-36)19-27(20-41)23(3)11-12-25-15-16-39-31(18-25)40-22-37-4/h7-10,13-16,18,24,26,30,37-38,41H,5-6,11-12,17,19-22H2,1-4H3,(H,39,40)/b27-23-/t24-,26+,30-,35+,36+/m1/s1. The van der Waals surface area contributed by atoms with Crippen molar-refractivity contribution in [1.29, 1.82) is 0 Å². The van der Waals surface area contributed by atoms with Gasteiger partial charge >= 0.3 is 5.97 Å². The first-order valence-corrected chi connectivity index (χ1v) is 16.3. The molecule has 2 aliphatic carbocycles. The number of esters is 1. The number of aliphatic hydroxyl groups is 1. The van der Waals surface area contributed by atoms with Gasteiger partial charge in [0.15, 0.2) is 11.4 Å². The maximum absolute atomic E-state index is 14.1. The molecule has 5 atom stereocenters. The maximum Gasteiger partial charge on any atom is 0.350 e. The van der Waals surface area contributed by atoms with Crippen molar-refractivity contribution in [2.45, 2.75) is 70.1 Å². The van der Waals surface area contributed by atoms with Crippen molar-refractivity contribution in [3.63, 3.8) is 0 Å². The van der Waals surface area contributed by atoms with Crippen molar-refractivity contribution in [2.24, 2.45) is 11.8 Å². The molecule has 2 aromatic rings. The summed E-state index contributed by atoms with van der Waals surface area (Å²) in [6.07, 6.45) is 9.08. The van der Waals surface area contributed by atoms with Crippen LogP contribution in [0.1, 0.15) is 72.7 Å². The predicted octanol–water partition coefficient (Wildman–Crippen LogP) is 4.01. The molecule has 10 nitrogen and oxygen atoms in total. The summed E-state index contributed by atoms with van der Waals surface area (Å²) in [5.74, 6) is -0.708. The number of epoxide rings is 1. The van der Waals surface area contributed by atoms with E-state index in [0.717, 1.165) is 36.3 Å². The van der Waals surface area contributed by atoms with E-state index < -0.39 is 28.7 Å². The number of hydrogen-bond donors (Lipinski definition) is 4. The van der Waals surface area contributed by atoms with Crippen LogP contribution in [0.25, 0.3) is 0 Å². The average molecular weight is 631 g/mol. The molecular formula is C36H46N4O6. The highest BCUT2D eigenvalue weighted by atomic mass is 16.7. The molecule has 0 saturated carbocycles. The molecule has 1 saturated heterocycles. The van der Waals surface area contributed by atoms with E-state index in [0.29, 0.717) is 31.0 Å². The molecule has 1 aliphatic heterocycles. The minimum Gasteiger partial charge on any atom is -0.463 e. The predicted molar refractivity (Wildman–Crippen MR) is 176 cm³/mol. The first-order chi connectivity index (χ1) is 22.2. The highest BCUT2D eigenvalue weighted by Crippen LogP contribution is 2.59. The Morgan fingerprint density at radius 2 is 1.89 bits per heavy atom. The summed E-state index contributed by atoms with van der Waals surface area (Å²) in [6.45, 7) is 7.17. The lowest BCUT2D eigenvalue weighted by molar-refractivity contribution is -0.149. The number of aromatic nitrogens is 1. The number of rotatable bonds is 15. The Kier molecular flexibility index (Phi) is 10.5. The molecule has 46 heavy (non-hydrogen) atoms. The summed E-state index contributed by atoms with van der Waals surface area (Å²) in [6, 6.07) is 10.4. The lowest BCUT2D eigenvalue weighted by Gasteiger charge is -2.32. The number of ketones is 2. The summed E-state index contributed by atoms with van der Waals surface area (Å²) < 4.78 is 12.0. The normalized spacial score (nSPS) is 27.0. The zero-order valence-electron chi connectivity index (χ0n) is 27.2. The average Bonchev–Trinajstić information content (AvgIpc) is 3.79. The molecule has 1 fully saturated rings. The van der Waals surface area contributed by atoms with Gasteiger partial charge in [-0.25, -0.2) is 9.78 Å². The molecule has 5 rings (SSSR count). The molecule has 10 heteroatoms. The van der Waals surface area contributed by atoms with Crippen LogP contribution in [0.3, 0.4) is 0 Å². The van der Waals surface area contributed by atoms with Crippen LogP contribution in [0.4, 0.5) is 5.82 Å². The van der Waals surface area contributed by atoms with Crippen LogP contribution in [0, 0.1) is 11.8 Å². The number of likely N-dealkylation sites (N-methyl/N-ethyl adjacent to an activating group) is 1. The highest BCUT2D eigenvalue weighted by Gasteiger charge is 2.85. The van der Waals surface area contributed by atoms with Gasteiger partial charge in [0, 0.05) is 35.7 Å². The van der Waals surface area contributed by atoms with Crippen LogP contribution < -0.4 is 16.0 Å². The van der Waals surface area contributed by atoms with E-state index in [2.05, 4.69) is 40.0 Å². The zero-order valence-corrected chi connectivity index (χ0v) is 27.2. The molecule has 1 aromatic heterocycles. The van der Waals surface area contributed by atoms with E-state index in [9.17, 15) is 19.5 Å². The Balaban J connectivity index is 1.39. The largest absolute Gasteiger partial charge is 0.463 e. The molecule has 3 aliphatic rings. The first kappa shape index (κ1) is 33.7. The SMILES string of the molecule is CCN[C@@H]1C=C[C@@H](CC)C[C@H]1COC(=O)[C@]12O[C@@]1(C/C(CO)=C(\C)CCc1ccnc(NCNC)c1)C(=O)c1ccccc1C2=O. The van der Waals surface area contributed by atoms with Crippen molar-refractivity contribution in [1.82, 2.24) is 15.6 Å². The monoisotopic (exact) mass is 630 g/mol. The molecular weight excluding hydrogens is 584 g/mol. The molecule has 0 unspecified atom stereocenters. The fourth-order valence-electron chi connectivity index (χ4n) is 6.83. The van der Waals surface area contributed by atoms with Crippen molar-refractivity contribution < 1.29 is 29.0 Å². The number of fused-ring (bicyclic) bond motifs is 2. The van der Waals surface area contributed by atoms with Crippen molar-refractivity contribution in [3.8, 4) is 0 Å². The van der Waals surface area contributed by atoms with E-state index in [1.54, 1.807) is 30.5 Å². The number of nitrogens with zero attached hydrogens (tertiary/aromatic N) is 1. The maximum atomic E-state index is 14.1. The Labute approximate surface area is 271 Å². The van der Waals surface area contributed by atoms with Crippen molar-refractivity contribution in [2.75, 3.05) is 38.8 Å². The molecule has 4 N–H and O–H groups in total. The number of hydrogen-bond acceptors (Lipinski definition) is 10. The number of carbonyl (C=O) groups is 3. The fourth-order valence-corrected chi connectivity index (χ4v) is 6.83. The van der Waals surface area contributed by atoms with Crippen LogP contribution in [-0.4, -0.2) is 78.3 Å². The van der Waals surface area contributed by atoms with Gasteiger partial charge in [0.1, 0.15) is 5.82 Å². The summed E-state index contributed by atoms with van der Waals surface area (Å²) in [7, 11) is 1.85. The first-order valence-electron chi connectivity index (χ1n) is 16.3. The van der Waals surface area contributed by atoms with Gasteiger partial charge in [-0.1, -0.05) is 55.8 Å². The molecule has 2 heterocycles. The van der Waals surface area contributed by atoms with Gasteiger partial charge in [0.25, 0.3) is 5.60 Å². The molecule has 0 amide bonds. The lowest BCUT2D eigenvalue weighted by Crippen LogP contribution is -2.51. The number of benzene rings is 1. The number of allylic oxidation sites excluding steroid dienone is 2. The number of anilines is 1. The third-order valence-corrected chi connectivity index (χ3v) is 9.66. The van der Waals surface area contributed by atoms with Crippen LogP contribution in [-0.2, 0) is 20.7 Å². The van der Waals surface area contributed by atoms with E-state index in [1.807, 2.05) is 33.0 Å². The van der Waals surface area contributed by atoms with E-state index in [4.69, 9.17) is 9.47 Å². The highest BCUT2D eigenvalue weighted by molar-refractivity contribution is 6.32. The second-order valence-electron chi connectivity index (χ2n) is 12.5. The second-order valence-corrected chi connectivity index (χ2v) is 12.5. The summed E-state index contributed by atoms with van der Waals surface area (Å²) in [5, 5.41) is 20.2. The van der Waals surface area contributed by atoms with Gasteiger partial charge in [0.2, 0.25) is 5.78 Å². The Bertz CT molecular complexity index is 1520. The Hall–Kier alpha value is -3.70. The van der Waals surface area contributed by atoms with Gasteiger partial charge in [-0.05, 0) is 75.4 Å². The number of aryl methyl sites for hydroxylation is 1. The smallest absolute Gasteiger partial charge is 0.350 e. The van der Waals surface area contributed by atoms with Crippen molar-refractivity contribution in [3.05, 3.63) is 82.6 Å². The number of ether oxygens (including phenoxy) is 2. The zero-order chi connectivity index (χ0) is 32.9. The number of Topliss-reactive ketones (excluding diaryl/α,β-unsaturated/α-hetero) is 2. The Morgan fingerprint density at radius 1 is 1.13 bits per heavy atom. The summed E-state index contributed by atoms with van der Waals surface area (Å²) in [4.78, 5) is 46.5. The number of aliphatic hydroxyl groups excluding tert-OH is 1. The van der Waals surface area contributed by atoms with Crippen molar-refractivity contribution >= 4 is 23.4 Å². The summed E-state index contributed by atoms with van der Waals surface area (Å²) in [5.41, 5.74) is -0.994. The van der Waals surface area contributed by atoms with Gasteiger partial charge in [-0.3, -0.25) is 9.59 Å². The number of carbonyl (C=O) groups excluding carboxylic acids is 3. The summed E-state index contributed by atoms with van der Waals surface area (Å²) >= 11 is 0. The van der Waals surface area contributed by atoms with Crippen LogP contribution in [0.5, 0.6) is 0 Å². The minimum absolute atomic E-state index is 0.0161. The fraction of sp³-hybridized carbons (Fsp3) is 0.500. The van der Waals surface area contributed by atoms with E-state index in [1.165, 1.54) is 0 Å². The number of pyridine rings is 1. The molecule has 1 aromatic carbocycles. The molecule has 0 radical (unpaired) electrons. The third-order valence-electron chi connectivity index (χ3n) is 9.66. The second kappa shape index (κ2) is 14.4.